The zero-order valence-electron chi connectivity index (χ0n) is 19.1. The van der Waals surface area contributed by atoms with Crippen LogP contribution in [0.25, 0.3) is 0 Å². The molecule has 1 aliphatic carbocycles. The van der Waals surface area contributed by atoms with Crippen LogP contribution in [0, 0.1) is 23.8 Å². The smallest absolute Gasteiger partial charge is 0.167 e. The Balaban J connectivity index is 1.24. The fourth-order valence-electron chi connectivity index (χ4n) is 5.95. The molecule has 0 aromatic heterocycles. The first-order valence-corrected chi connectivity index (χ1v) is 12.4. The van der Waals surface area contributed by atoms with E-state index in [1.807, 2.05) is 0 Å². The van der Waals surface area contributed by atoms with Gasteiger partial charge in [-0.1, -0.05) is 6.07 Å². The summed E-state index contributed by atoms with van der Waals surface area (Å²) in [7, 11) is 0. The second-order valence-corrected chi connectivity index (χ2v) is 9.79. The second-order valence-electron chi connectivity index (χ2n) is 9.79. The molecule has 0 amide bonds. The standard InChI is InChI=1S/C26H37N3O3/c27-8-7-26(24-18-31-19-25(24)29-11-13-30-14-12-29)32-23-6-5-21-15-20(3-4-22(21)16-23)17-28-9-1-2-10-28/h5-6,16,20,24-26H,1-4,9-15,17-19,27H2. The summed E-state index contributed by atoms with van der Waals surface area (Å²) in [6.07, 6.45) is 6.08. The zero-order valence-corrected chi connectivity index (χ0v) is 19.1. The lowest BCUT2D eigenvalue weighted by molar-refractivity contribution is 0.000579. The van der Waals surface area contributed by atoms with Gasteiger partial charge < -0.3 is 24.8 Å². The van der Waals surface area contributed by atoms with Crippen LogP contribution in [0.3, 0.4) is 0 Å². The maximum absolute atomic E-state index is 6.46. The molecule has 0 saturated carbocycles. The van der Waals surface area contributed by atoms with Crippen molar-refractivity contribution in [1.29, 1.82) is 0 Å². The average molecular weight is 440 g/mol. The monoisotopic (exact) mass is 439 g/mol. The molecule has 1 aromatic rings. The molecule has 3 heterocycles. The minimum Gasteiger partial charge on any atom is -0.477 e. The molecule has 5 rings (SSSR count). The van der Waals surface area contributed by atoms with Gasteiger partial charge in [0, 0.05) is 37.6 Å². The normalized spacial score (nSPS) is 29.8. The van der Waals surface area contributed by atoms with Gasteiger partial charge in [0.2, 0.25) is 0 Å². The summed E-state index contributed by atoms with van der Waals surface area (Å²) in [5.74, 6) is 5.01. The van der Waals surface area contributed by atoms with Crippen LogP contribution >= 0.6 is 0 Å². The highest BCUT2D eigenvalue weighted by Gasteiger charge is 2.39. The molecule has 2 N–H and O–H groups in total. The van der Waals surface area contributed by atoms with E-state index in [1.54, 1.807) is 0 Å². The molecule has 4 unspecified atom stereocenters. The van der Waals surface area contributed by atoms with Crippen LogP contribution in [-0.2, 0) is 22.3 Å². The van der Waals surface area contributed by atoms with Crippen molar-refractivity contribution in [3.05, 3.63) is 29.3 Å². The molecule has 4 aliphatic rings. The van der Waals surface area contributed by atoms with Gasteiger partial charge in [-0.2, -0.15) is 0 Å². The molecule has 0 radical (unpaired) electrons. The van der Waals surface area contributed by atoms with E-state index in [4.69, 9.17) is 19.9 Å². The van der Waals surface area contributed by atoms with Gasteiger partial charge in [-0.15, -0.1) is 0 Å². The van der Waals surface area contributed by atoms with E-state index < -0.39 is 0 Å². The summed E-state index contributed by atoms with van der Waals surface area (Å²) in [4.78, 5) is 5.11. The van der Waals surface area contributed by atoms with Crippen molar-refractivity contribution >= 4 is 0 Å². The van der Waals surface area contributed by atoms with Crippen molar-refractivity contribution in [3.63, 3.8) is 0 Å². The fraction of sp³-hybridized carbons (Fsp3) is 0.692. The predicted octanol–water partition coefficient (Wildman–Crippen LogP) is 1.90. The molecule has 3 saturated heterocycles. The Morgan fingerprint density at radius 1 is 1.06 bits per heavy atom. The molecule has 32 heavy (non-hydrogen) atoms. The van der Waals surface area contributed by atoms with Crippen molar-refractivity contribution in [2.75, 3.05) is 59.2 Å². The molecule has 0 spiro atoms. The lowest BCUT2D eigenvalue weighted by atomic mass is 9.83. The third kappa shape index (κ3) is 5.07. The number of hydrogen-bond acceptors (Lipinski definition) is 6. The highest BCUT2D eigenvalue weighted by atomic mass is 16.5. The molecule has 3 aliphatic heterocycles. The molecular weight excluding hydrogens is 402 g/mol. The van der Waals surface area contributed by atoms with Crippen molar-refractivity contribution in [3.8, 4) is 17.7 Å². The molecular formula is C26H37N3O3. The number of fused-ring (bicyclic) bond motifs is 1. The molecule has 4 atom stereocenters. The first kappa shape index (κ1) is 22.0. The summed E-state index contributed by atoms with van der Waals surface area (Å²) in [6, 6.07) is 9.56. The van der Waals surface area contributed by atoms with Gasteiger partial charge in [0.1, 0.15) is 5.75 Å². The van der Waals surface area contributed by atoms with Gasteiger partial charge in [-0.05, 0) is 80.3 Å². The molecule has 1 aromatic carbocycles. The van der Waals surface area contributed by atoms with E-state index in [-0.39, 0.29) is 12.0 Å². The van der Waals surface area contributed by atoms with Crippen LogP contribution < -0.4 is 10.5 Å². The number of nitrogens with zero attached hydrogens (tertiary/aromatic N) is 2. The Morgan fingerprint density at radius 2 is 1.91 bits per heavy atom. The molecule has 0 bridgehead atoms. The number of morpholine rings is 1. The molecule has 174 valence electrons. The highest BCUT2D eigenvalue weighted by molar-refractivity contribution is 5.38. The number of hydrogen-bond donors (Lipinski definition) is 1. The first-order chi connectivity index (χ1) is 15.8. The van der Waals surface area contributed by atoms with Crippen LogP contribution in [0.5, 0.6) is 5.75 Å². The van der Waals surface area contributed by atoms with Gasteiger partial charge >= 0.3 is 0 Å². The van der Waals surface area contributed by atoms with Gasteiger partial charge in [0.15, 0.2) is 6.10 Å². The lowest BCUT2D eigenvalue weighted by Crippen LogP contribution is -2.50. The third-order valence-electron chi connectivity index (χ3n) is 7.71. The van der Waals surface area contributed by atoms with E-state index in [0.29, 0.717) is 12.6 Å². The predicted molar refractivity (Wildman–Crippen MR) is 124 cm³/mol. The molecule has 6 heteroatoms. The topological polar surface area (TPSA) is 60.2 Å². The maximum Gasteiger partial charge on any atom is 0.167 e. The Morgan fingerprint density at radius 3 is 2.72 bits per heavy atom. The van der Waals surface area contributed by atoms with Crippen LogP contribution in [-0.4, -0.2) is 81.1 Å². The average Bonchev–Trinajstić information content (AvgIpc) is 3.52. The van der Waals surface area contributed by atoms with Crippen molar-refractivity contribution < 1.29 is 14.2 Å². The largest absolute Gasteiger partial charge is 0.477 e. The first-order valence-electron chi connectivity index (χ1n) is 12.4. The molecule has 6 nitrogen and oxygen atoms in total. The number of aryl methyl sites for hydroxylation is 1. The van der Waals surface area contributed by atoms with E-state index in [2.05, 4.69) is 40.0 Å². The third-order valence-corrected chi connectivity index (χ3v) is 7.71. The van der Waals surface area contributed by atoms with E-state index in [0.717, 1.165) is 51.0 Å². The van der Waals surface area contributed by atoms with Gasteiger partial charge in [0.25, 0.3) is 0 Å². The minimum atomic E-state index is -0.264. The number of ether oxygens (including phenoxy) is 3. The summed E-state index contributed by atoms with van der Waals surface area (Å²) >= 11 is 0. The van der Waals surface area contributed by atoms with E-state index >= 15 is 0 Å². The van der Waals surface area contributed by atoms with E-state index in [9.17, 15) is 0 Å². The SMILES string of the molecule is NC#CC(Oc1ccc2c(c1)CCC(CN1CCCC1)C2)C1COCC1N1CCOCC1. The Labute approximate surface area is 192 Å². The van der Waals surface area contributed by atoms with Gasteiger partial charge in [-0.25, -0.2) is 0 Å². The summed E-state index contributed by atoms with van der Waals surface area (Å²) in [6.45, 7) is 8.64. The fourth-order valence-corrected chi connectivity index (χ4v) is 5.95. The van der Waals surface area contributed by atoms with Gasteiger partial charge in [0.05, 0.1) is 26.4 Å². The molecule has 3 fully saturated rings. The van der Waals surface area contributed by atoms with Crippen LogP contribution in [0.4, 0.5) is 0 Å². The number of benzene rings is 1. The Bertz CT molecular complexity index is 823. The van der Waals surface area contributed by atoms with E-state index in [1.165, 1.54) is 56.4 Å². The Kier molecular flexibility index (Phi) is 7.19. The minimum absolute atomic E-state index is 0.185. The number of likely N-dealkylation sites (tertiary alicyclic amines) is 1. The number of nitrogens with two attached hydrogens (primary N) is 1. The van der Waals surface area contributed by atoms with Crippen LogP contribution in [0.1, 0.15) is 30.4 Å². The second kappa shape index (κ2) is 10.4. The van der Waals surface area contributed by atoms with Crippen LogP contribution in [0.2, 0.25) is 0 Å². The highest BCUT2D eigenvalue weighted by Crippen LogP contribution is 2.32. The van der Waals surface area contributed by atoms with Gasteiger partial charge in [-0.3, -0.25) is 4.90 Å². The summed E-state index contributed by atoms with van der Waals surface area (Å²) in [5, 5.41) is 0. The quantitative estimate of drug-likeness (QED) is 0.540. The van der Waals surface area contributed by atoms with Crippen molar-refractivity contribution in [2.24, 2.45) is 17.6 Å². The maximum atomic E-state index is 6.46. The summed E-state index contributed by atoms with van der Waals surface area (Å²) < 4.78 is 17.9. The zero-order chi connectivity index (χ0) is 21.8. The van der Waals surface area contributed by atoms with Crippen LogP contribution in [0.15, 0.2) is 18.2 Å². The van der Waals surface area contributed by atoms with Crippen molar-refractivity contribution in [1.82, 2.24) is 9.80 Å². The number of rotatable bonds is 6. The van der Waals surface area contributed by atoms with Crippen molar-refractivity contribution in [2.45, 2.75) is 44.2 Å². The Hall–Kier alpha value is -1.78. The summed E-state index contributed by atoms with van der Waals surface area (Å²) in [5.41, 5.74) is 8.58. The lowest BCUT2D eigenvalue weighted by Gasteiger charge is -2.36.